The van der Waals surface area contributed by atoms with Gasteiger partial charge in [0, 0.05) is 17.6 Å². The van der Waals surface area contributed by atoms with E-state index in [1.54, 1.807) is 9.13 Å². The van der Waals surface area contributed by atoms with Crippen molar-refractivity contribution >= 4 is 38.6 Å². The van der Waals surface area contributed by atoms with Gasteiger partial charge in [0.2, 0.25) is 5.91 Å². The number of benzene rings is 2. The first-order valence-corrected chi connectivity index (χ1v) is 9.55. The molecule has 3 aromatic rings. The Bertz CT molecular complexity index is 1010. The van der Waals surface area contributed by atoms with Gasteiger partial charge in [0.25, 0.3) is 0 Å². The second kappa shape index (κ2) is 7.50. The molecule has 1 amide bonds. The van der Waals surface area contributed by atoms with E-state index in [1.807, 2.05) is 63.2 Å². The van der Waals surface area contributed by atoms with E-state index in [0.717, 1.165) is 21.1 Å². The van der Waals surface area contributed by atoms with E-state index in [0.29, 0.717) is 18.8 Å². The molecule has 0 unspecified atom stereocenters. The number of halogens is 1. The molecule has 1 heterocycles. The minimum absolute atomic E-state index is 0.0296. The summed E-state index contributed by atoms with van der Waals surface area (Å²) in [5.74, 6) is -0.357. The van der Waals surface area contributed by atoms with Gasteiger partial charge in [-0.2, -0.15) is 0 Å². The maximum absolute atomic E-state index is 12.7. The van der Waals surface area contributed by atoms with E-state index in [4.69, 9.17) is 0 Å². The number of carbonyl (C=O) groups is 1. The number of fused-ring (bicyclic) bond motifs is 1. The van der Waals surface area contributed by atoms with Crippen molar-refractivity contribution in [3.8, 4) is 0 Å². The lowest BCUT2D eigenvalue weighted by Gasteiger charge is -2.14. The molecule has 5 nitrogen and oxygen atoms in total. The fraction of sp³-hybridized carbons (Fsp3) is 0.300. The van der Waals surface area contributed by atoms with Gasteiger partial charge < -0.3 is 5.32 Å². The largest absolute Gasteiger partial charge is 0.329 e. The number of imidazole rings is 1. The van der Waals surface area contributed by atoms with Gasteiger partial charge >= 0.3 is 5.69 Å². The first kappa shape index (κ1) is 18.5. The first-order valence-electron chi connectivity index (χ1n) is 8.76. The number of anilines is 1. The summed E-state index contributed by atoms with van der Waals surface area (Å²) in [5, 5.41) is 2.99. The van der Waals surface area contributed by atoms with E-state index in [1.165, 1.54) is 0 Å². The molecule has 1 N–H and O–H groups in total. The number of hydrogen-bond donors (Lipinski definition) is 1. The third-order valence-corrected chi connectivity index (χ3v) is 5.35. The minimum atomic E-state index is -0.271. The van der Waals surface area contributed by atoms with Gasteiger partial charge in [-0.1, -0.05) is 30.3 Å². The van der Waals surface area contributed by atoms with Gasteiger partial charge in [-0.3, -0.25) is 13.9 Å². The molecule has 0 fully saturated rings. The van der Waals surface area contributed by atoms with Crippen LogP contribution in [0.4, 0.5) is 5.69 Å². The van der Waals surface area contributed by atoms with Crippen LogP contribution in [0.25, 0.3) is 11.0 Å². The summed E-state index contributed by atoms with van der Waals surface area (Å²) in [5.41, 5.74) is 3.29. The van der Waals surface area contributed by atoms with Crippen LogP contribution in [0.3, 0.4) is 0 Å². The molecule has 0 saturated heterocycles. The second-order valence-corrected chi connectivity index (χ2v) is 7.07. The molecule has 1 atom stereocenters. The highest BCUT2D eigenvalue weighted by Crippen LogP contribution is 2.29. The highest BCUT2D eigenvalue weighted by Gasteiger charge is 2.18. The molecule has 0 aliphatic carbocycles. The number of aryl methyl sites for hydroxylation is 2. The van der Waals surface area contributed by atoms with Crippen LogP contribution in [0.15, 0.2) is 51.7 Å². The highest BCUT2D eigenvalue weighted by molar-refractivity contribution is 9.10. The number of rotatable bonds is 5. The predicted molar refractivity (Wildman–Crippen MR) is 109 cm³/mol. The van der Waals surface area contributed by atoms with Crippen LogP contribution >= 0.6 is 15.9 Å². The molecule has 0 spiro atoms. The van der Waals surface area contributed by atoms with Gasteiger partial charge in [0.05, 0.1) is 22.6 Å². The summed E-state index contributed by atoms with van der Waals surface area (Å²) in [6.07, 6.45) is 0. The van der Waals surface area contributed by atoms with Crippen LogP contribution in [0.1, 0.15) is 32.3 Å². The number of nitrogens with zero attached hydrogens (tertiary/aromatic N) is 2. The Kier molecular flexibility index (Phi) is 5.32. The Morgan fingerprint density at radius 1 is 1.08 bits per heavy atom. The highest BCUT2D eigenvalue weighted by atomic mass is 79.9. The zero-order valence-electron chi connectivity index (χ0n) is 15.1. The molecule has 1 aromatic heterocycles. The predicted octanol–water partition coefficient (Wildman–Crippen LogP) is 4.35. The maximum Gasteiger partial charge on any atom is 0.329 e. The standard InChI is InChI=1S/C20H22BrN3O2/c1-4-23-17-11-15(21)16(12-18(17)24(5-2)20(23)26)22-19(25)13(3)14-9-7-6-8-10-14/h6-13H,4-5H2,1-3H3,(H,22,25)/t13-/m1/s1. The minimum Gasteiger partial charge on any atom is -0.324 e. The van der Waals surface area contributed by atoms with E-state index < -0.39 is 0 Å². The molecular formula is C20H22BrN3O2. The molecule has 2 aromatic carbocycles. The molecule has 0 aliphatic rings. The average Bonchev–Trinajstić information content (AvgIpc) is 2.91. The second-order valence-electron chi connectivity index (χ2n) is 6.21. The molecule has 0 bridgehead atoms. The maximum atomic E-state index is 12.7. The number of nitrogens with one attached hydrogen (secondary N) is 1. The molecular weight excluding hydrogens is 394 g/mol. The molecule has 3 rings (SSSR count). The molecule has 6 heteroatoms. The first-order chi connectivity index (χ1) is 12.5. The molecule has 0 saturated carbocycles. The summed E-state index contributed by atoms with van der Waals surface area (Å²) in [4.78, 5) is 25.2. The SMILES string of the molecule is CCn1c(=O)n(CC)c2cc(NC(=O)[C@H](C)c3ccccc3)c(Br)cc21. The normalized spacial score (nSPS) is 12.3. The van der Waals surface area contributed by atoms with Crippen LogP contribution in [-0.4, -0.2) is 15.0 Å². The van der Waals surface area contributed by atoms with E-state index in [9.17, 15) is 9.59 Å². The van der Waals surface area contributed by atoms with Crippen molar-refractivity contribution in [2.45, 2.75) is 39.8 Å². The van der Waals surface area contributed by atoms with Gasteiger partial charge in [0.15, 0.2) is 0 Å². The van der Waals surface area contributed by atoms with Gasteiger partial charge in [-0.15, -0.1) is 0 Å². The Hall–Kier alpha value is -2.34. The zero-order chi connectivity index (χ0) is 18.8. The lowest BCUT2D eigenvalue weighted by molar-refractivity contribution is -0.117. The van der Waals surface area contributed by atoms with Crippen LogP contribution in [0, 0.1) is 0 Å². The summed E-state index contributed by atoms with van der Waals surface area (Å²) < 4.78 is 4.22. The number of amides is 1. The molecule has 26 heavy (non-hydrogen) atoms. The number of aromatic nitrogens is 2. The summed E-state index contributed by atoms with van der Waals surface area (Å²) in [6.45, 7) is 6.96. The van der Waals surface area contributed by atoms with Crippen molar-refractivity contribution in [2.24, 2.45) is 0 Å². The van der Waals surface area contributed by atoms with Crippen molar-refractivity contribution in [1.82, 2.24) is 9.13 Å². The lowest BCUT2D eigenvalue weighted by Crippen LogP contribution is -2.23. The summed E-state index contributed by atoms with van der Waals surface area (Å²) in [7, 11) is 0. The van der Waals surface area contributed by atoms with E-state index in [-0.39, 0.29) is 17.5 Å². The Morgan fingerprint density at radius 2 is 1.65 bits per heavy atom. The van der Waals surface area contributed by atoms with Crippen LogP contribution in [-0.2, 0) is 17.9 Å². The third-order valence-electron chi connectivity index (χ3n) is 4.69. The average molecular weight is 416 g/mol. The quantitative estimate of drug-likeness (QED) is 0.673. The smallest absolute Gasteiger partial charge is 0.324 e. The molecule has 136 valence electrons. The van der Waals surface area contributed by atoms with Crippen molar-refractivity contribution < 1.29 is 4.79 Å². The topological polar surface area (TPSA) is 56.0 Å². The Labute approximate surface area is 160 Å². The third kappa shape index (κ3) is 3.21. The van der Waals surface area contributed by atoms with Crippen LogP contribution in [0.5, 0.6) is 0 Å². The van der Waals surface area contributed by atoms with Crippen LogP contribution in [0.2, 0.25) is 0 Å². The molecule has 0 radical (unpaired) electrons. The van der Waals surface area contributed by atoms with E-state index >= 15 is 0 Å². The van der Waals surface area contributed by atoms with Crippen LogP contribution < -0.4 is 11.0 Å². The summed E-state index contributed by atoms with van der Waals surface area (Å²) >= 11 is 3.53. The summed E-state index contributed by atoms with van der Waals surface area (Å²) in [6, 6.07) is 13.4. The lowest BCUT2D eigenvalue weighted by atomic mass is 10.0. The monoisotopic (exact) mass is 415 g/mol. The Balaban J connectivity index is 1.99. The Morgan fingerprint density at radius 3 is 2.23 bits per heavy atom. The van der Waals surface area contributed by atoms with Crippen molar-refractivity contribution in [3.05, 3.63) is 63.0 Å². The number of hydrogen-bond acceptors (Lipinski definition) is 2. The van der Waals surface area contributed by atoms with Gasteiger partial charge in [-0.05, 0) is 54.4 Å². The fourth-order valence-electron chi connectivity index (χ4n) is 3.18. The van der Waals surface area contributed by atoms with Gasteiger partial charge in [0.1, 0.15) is 0 Å². The number of carbonyl (C=O) groups excluding carboxylic acids is 1. The van der Waals surface area contributed by atoms with Crippen molar-refractivity contribution in [2.75, 3.05) is 5.32 Å². The molecule has 0 aliphatic heterocycles. The van der Waals surface area contributed by atoms with E-state index in [2.05, 4.69) is 21.2 Å². The fourth-order valence-corrected chi connectivity index (χ4v) is 3.61. The van der Waals surface area contributed by atoms with Crippen molar-refractivity contribution in [3.63, 3.8) is 0 Å². The zero-order valence-corrected chi connectivity index (χ0v) is 16.7. The van der Waals surface area contributed by atoms with Gasteiger partial charge in [-0.25, -0.2) is 4.79 Å². The van der Waals surface area contributed by atoms with Crippen molar-refractivity contribution in [1.29, 1.82) is 0 Å².